The van der Waals surface area contributed by atoms with Gasteiger partial charge in [0.25, 0.3) is 0 Å². The van der Waals surface area contributed by atoms with Crippen molar-refractivity contribution >= 4 is 12.3 Å². The number of carbonyl (C=O) groups excluding carboxylic acids is 2. The molecule has 0 fully saturated rings. The maximum atomic E-state index is 11.4. The topological polar surface area (TPSA) is 110 Å². The maximum absolute atomic E-state index is 11.4. The first-order valence-corrected chi connectivity index (χ1v) is 7.70. The van der Waals surface area contributed by atoms with E-state index in [9.17, 15) is 9.59 Å². The Balaban J connectivity index is 0. The van der Waals surface area contributed by atoms with Gasteiger partial charge < -0.3 is 33.5 Å². The van der Waals surface area contributed by atoms with Crippen LogP contribution in [0.5, 0.6) is 0 Å². The summed E-state index contributed by atoms with van der Waals surface area (Å²) >= 11 is 0. The molecule has 0 bridgehead atoms. The number of hydrogen-bond acceptors (Lipinski definition) is 9. The van der Waals surface area contributed by atoms with Gasteiger partial charge in [0.2, 0.25) is 0 Å². The summed E-state index contributed by atoms with van der Waals surface area (Å²) in [5.74, 6) is 0. The molecule has 0 aliphatic carbocycles. The predicted molar refractivity (Wildman–Crippen MR) is 82.8 cm³/mol. The van der Waals surface area contributed by atoms with Crippen molar-refractivity contribution in [3.8, 4) is 0 Å². The molecule has 0 aromatic rings. The van der Waals surface area contributed by atoms with E-state index in [0.29, 0.717) is 0 Å². The molecular formula is C15H28O9Y. The van der Waals surface area contributed by atoms with Gasteiger partial charge in [0.15, 0.2) is 0 Å². The Hall–Kier alpha value is -0.476. The average molecular weight is 441 g/mol. The molecule has 4 unspecified atom stereocenters. The fourth-order valence-electron chi connectivity index (χ4n) is 1.31. The van der Waals surface area contributed by atoms with Crippen LogP contribution in [0.4, 0.5) is 9.59 Å². The van der Waals surface area contributed by atoms with Gasteiger partial charge in [0.05, 0.1) is 25.4 Å². The van der Waals surface area contributed by atoms with E-state index in [1.165, 1.54) is 14.0 Å². The molecule has 0 heterocycles. The summed E-state index contributed by atoms with van der Waals surface area (Å²) in [5, 5.41) is 8.98. The summed E-state index contributed by atoms with van der Waals surface area (Å²) in [6, 6.07) is 0. The van der Waals surface area contributed by atoms with Gasteiger partial charge >= 0.3 is 12.3 Å². The third-order valence-electron chi connectivity index (χ3n) is 2.58. The molecule has 1 radical (unpaired) electrons. The van der Waals surface area contributed by atoms with Crippen molar-refractivity contribution in [3.63, 3.8) is 0 Å². The molecule has 0 aromatic heterocycles. The van der Waals surface area contributed by atoms with Crippen LogP contribution >= 0.6 is 0 Å². The number of ether oxygens (including phenoxy) is 6. The minimum atomic E-state index is -0.882. The molecule has 0 spiro atoms. The third-order valence-corrected chi connectivity index (χ3v) is 2.58. The molecular weight excluding hydrogens is 413 g/mol. The number of aliphatic hydroxyl groups is 1. The van der Waals surface area contributed by atoms with Gasteiger partial charge in [0.1, 0.15) is 25.4 Å². The van der Waals surface area contributed by atoms with E-state index in [2.05, 4.69) is 4.74 Å². The first-order chi connectivity index (χ1) is 11.2. The Kier molecular flexibility index (Phi) is 16.9. The zero-order chi connectivity index (χ0) is 18.5. The van der Waals surface area contributed by atoms with E-state index < -0.39 is 30.6 Å². The van der Waals surface area contributed by atoms with Gasteiger partial charge in [-0.05, 0) is 27.7 Å². The van der Waals surface area contributed by atoms with Crippen molar-refractivity contribution < 1.29 is 75.8 Å². The van der Waals surface area contributed by atoms with Gasteiger partial charge in [-0.25, -0.2) is 9.59 Å². The molecule has 9 nitrogen and oxygen atoms in total. The smallest absolute Gasteiger partial charge is 0.432 e. The predicted octanol–water partition coefficient (Wildman–Crippen LogP) is 1.50. The molecule has 0 saturated carbocycles. The van der Waals surface area contributed by atoms with Crippen LogP contribution in [-0.2, 0) is 61.1 Å². The van der Waals surface area contributed by atoms with Gasteiger partial charge in [-0.15, -0.1) is 0 Å². The van der Waals surface area contributed by atoms with Crippen LogP contribution in [0.25, 0.3) is 0 Å². The van der Waals surface area contributed by atoms with Crippen molar-refractivity contribution in [3.05, 3.63) is 0 Å². The second-order valence-electron chi connectivity index (χ2n) is 5.41. The van der Waals surface area contributed by atoms with Gasteiger partial charge in [-0.3, -0.25) is 0 Å². The molecule has 1 N–H and O–H groups in total. The van der Waals surface area contributed by atoms with E-state index in [1.54, 1.807) is 20.8 Å². The second-order valence-corrected chi connectivity index (χ2v) is 5.41. The van der Waals surface area contributed by atoms with Gasteiger partial charge in [-0.1, -0.05) is 0 Å². The van der Waals surface area contributed by atoms with Crippen LogP contribution in [-0.4, -0.2) is 75.4 Å². The summed E-state index contributed by atoms with van der Waals surface area (Å²) in [7, 11) is 1.51. The van der Waals surface area contributed by atoms with Crippen molar-refractivity contribution in [2.75, 3.05) is 33.5 Å². The van der Waals surface area contributed by atoms with Crippen molar-refractivity contribution in [1.29, 1.82) is 0 Å². The summed E-state index contributed by atoms with van der Waals surface area (Å²) in [6.45, 7) is 6.69. The van der Waals surface area contributed by atoms with Crippen LogP contribution in [0.1, 0.15) is 27.7 Å². The monoisotopic (exact) mass is 441 g/mol. The van der Waals surface area contributed by atoms with E-state index in [4.69, 9.17) is 28.8 Å². The van der Waals surface area contributed by atoms with Crippen molar-refractivity contribution in [1.82, 2.24) is 0 Å². The van der Waals surface area contributed by atoms with Gasteiger partial charge in [-0.2, -0.15) is 0 Å². The molecule has 0 aromatic carbocycles. The molecule has 0 aliphatic heterocycles. The summed E-state index contributed by atoms with van der Waals surface area (Å²) in [6.07, 6.45) is -3.73. The first kappa shape index (κ1) is 26.7. The van der Waals surface area contributed by atoms with Crippen LogP contribution in [0, 0.1) is 0 Å². The fourth-order valence-corrected chi connectivity index (χ4v) is 1.31. The van der Waals surface area contributed by atoms with Crippen molar-refractivity contribution in [2.24, 2.45) is 0 Å². The summed E-state index contributed by atoms with van der Waals surface area (Å²) in [5.41, 5.74) is 0. The molecule has 0 aliphatic rings. The number of methoxy groups -OCH3 is 1. The summed E-state index contributed by atoms with van der Waals surface area (Å²) < 4.78 is 29.6. The number of aliphatic hydroxyl groups excluding tert-OH is 1. The van der Waals surface area contributed by atoms with E-state index in [1.807, 2.05) is 0 Å². The average Bonchev–Trinajstić information content (AvgIpc) is 2.50. The van der Waals surface area contributed by atoms with Crippen molar-refractivity contribution in [2.45, 2.75) is 52.1 Å². The van der Waals surface area contributed by atoms with Crippen LogP contribution in [0.15, 0.2) is 0 Å². The number of hydrogen-bond donors (Lipinski definition) is 1. The minimum absolute atomic E-state index is 0. The Morgan fingerprint density at radius 3 is 1.64 bits per heavy atom. The van der Waals surface area contributed by atoms with Crippen LogP contribution < -0.4 is 0 Å². The van der Waals surface area contributed by atoms with E-state index >= 15 is 0 Å². The zero-order valence-corrected chi connectivity index (χ0v) is 18.3. The molecule has 0 rings (SSSR count). The molecule has 145 valence electrons. The fraction of sp³-hybridized carbons (Fsp3) is 0.867. The Bertz CT molecular complexity index is 365. The number of carbonyl (C=O) groups is 2. The normalized spacial score (nSPS) is 15.1. The quantitative estimate of drug-likeness (QED) is 0.477. The molecule has 0 saturated heterocycles. The van der Waals surface area contributed by atoms with E-state index in [-0.39, 0.29) is 65.2 Å². The molecule has 25 heavy (non-hydrogen) atoms. The Morgan fingerprint density at radius 1 is 0.800 bits per heavy atom. The third kappa shape index (κ3) is 16.7. The summed E-state index contributed by atoms with van der Waals surface area (Å²) in [4.78, 5) is 22.6. The van der Waals surface area contributed by atoms with E-state index in [0.717, 1.165) is 0 Å². The minimum Gasteiger partial charge on any atom is -0.432 e. The molecule has 0 amide bonds. The second kappa shape index (κ2) is 15.8. The van der Waals surface area contributed by atoms with Gasteiger partial charge in [0, 0.05) is 39.8 Å². The standard InChI is InChI=1S/C15H28O9.Y/c1-10(16)6-21-14(17)23-12(3)7-20-8-13(4)24-15(18)22-9-11(2)19-5;/h10-13,16H,6-9H2,1-5H3;. The zero-order valence-electron chi connectivity index (χ0n) is 15.4. The molecule has 10 heteroatoms. The SMILES string of the molecule is COC(C)COC(=O)OC(C)COCC(C)OC(=O)OCC(C)O.[Y]. The number of rotatable bonds is 11. The molecule has 4 atom stereocenters. The maximum Gasteiger partial charge on any atom is 0.508 e. The largest absolute Gasteiger partial charge is 0.508 e. The van der Waals surface area contributed by atoms with Crippen LogP contribution in [0.3, 0.4) is 0 Å². The Labute approximate surface area is 173 Å². The Morgan fingerprint density at radius 2 is 1.24 bits per heavy atom. The first-order valence-electron chi connectivity index (χ1n) is 7.70. The van der Waals surface area contributed by atoms with Crippen LogP contribution in [0.2, 0.25) is 0 Å².